The van der Waals surface area contributed by atoms with Crippen molar-refractivity contribution in [1.82, 2.24) is 0 Å². The van der Waals surface area contributed by atoms with Gasteiger partial charge in [-0.25, -0.2) is 4.79 Å². The van der Waals surface area contributed by atoms with Crippen molar-refractivity contribution >= 4 is 5.97 Å². The fourth-order valence-corrected chi connectivity index (χ4v) is 1.39. The minimum atomic E-state index is -1.03. The Bertz CT molecular complexity index is 449. The molecule has 0 aliphatic carbocycles. The summed E-state index contributed by atoms with van der Waals surface area (Å²) < 4.78 is 4.50. The van der Waals surface area contributed by atoms with Crippen molar-refractivity contribution in [2.75, 3.05) is 0 Å². The molecule has 18 heavy (non-hydrogen) atoms. The third-order valence-electron chi connectivity index (χ3n) is 2.13. The SMILES string of the molecule is CC(N)Cc1ccccc1.O=C(O)c1ccco1. The van der Waals surface area contributed by atoms with E-state index in [1.807, 2.05) is 25.1 Å². The summed E-state index contributed by atoms with van der Waals surface area (Å²) in [7, 11) is 0. The molecular formula is C14H17NO3. The van der Waals surface area contributed by atoms with Crippen molar-refractivity contribution in [2.45, 2.75) is 19.4 Å². The lowest BCUT2D eigenvalue weighted by Gasteiger charge is -2.02. The van der Waals surface area contributed by atoms with Gasteiger partial charge in [0.15, 0.2) is 0 Å². The Balaban J connectivity index is 0.000000184. The average Bonchev–Trinajstić information content (AvgIpc) is 2.84. The van der Waals surface area contributed by atoms with E-state index in [4.69, 9.17) is 10.8 Å². The molecular weight excluding hydrogens is 230 g/mol. The summed E-state index contributed by atoms with van der Waals surface area (Å²) in [6.45, 7) is 2.02. The lowest BCUT2D eigenvalue weighted by atomic mass is 10.1. The molecule has 4 heteroatoms. The van der Waals surface area contributed by atoms with Crippen molar-refractivity contribution in [3.63, 3.8) is 0 Å². The van der Waals surface area contributed by atoms with Crippen LogP contribution < -0.4 is 5.73 Å². The molecule has 0 spiro atoms. The van der Waals surface area contributed by atoms with Crippen LogP contribution in [-0.2, 0) is 6.42 Å². The maximum Gasteiger partial charge on any atom is 0.371 e. The van der Waals surface area contributed by atoms with Crippen LogP contribution in [0.15, 0.2) is 53.1 Å². The first-order chi connectivity index (χ1) is 8.59. The number of rotatable bonds is 3. The largest absolute Gasteiger partial charge is 0.475 e. The molecule has 0 saturated carbocycles. The highest BCUT2D eigenvalue weighted by atomic mass is 16.4. The third kappa shape index (κ3) is 5.32. The molecule has 1 unspecified atom stereocenters. The zero-order valence-corrected chi connectivity index (χ0v) is 10.2. The van der Waals surface area contributed by atoms with Crippen LogP contribution in [-0.4, -0.2) is 17.1 Å². The molecule has 1 heterocycles. The zero-order chi connectivity index (χ0) is 13.4. The van der Waals surface area contributed by atoms with Crippen molar-refractivity contribution in [2.24, 2.45) is 5.73 Å². The molecule has 0 aliphatic rings. The second-order valence-electron chi connectivity index (χ2n) is 3.95. The van der Waals surface area contributed by atoms with E-state index in [9.17, 15) is 4.79 Å². The predicted octanol–water partition coefficient (Wildman–Crippen LogP) is 2.55. The van der Waals surface area contributed by atoms with Gasteiger partial charge in [-0.15, -0.1) is 0 Å². The first-order valence-corrected chi connectivity index (χ1v) is 5.66. The number of hydrogen-bond acceptors (Lipinski definition) is 3. The normalized spacial score (nSPS) is 11.2. The average molecular weight is 247 g/mol. The van der Waals surface area contributed by atoms with Gasteiger partial charge in [-0.1, -0.05) is 30.3 Å². The highest BCUT2D eigenvalue weighted by Gasteiger charge is 2.01. The zero-order valence-electron chi connectivity index (χ0n) is 10.2. The van der Waals surface area contributed by atoms with E-state index < -0.39 is 5.97 Å². The van der Waals surface area contributed by atoms with E-state index in [0.29, 0.717) is 0 Å². The van der Waals surface area contributed by atoms with Gasteiger partial charge in [0.25, 0.3) is 0 Å². The Morgan fingerprint density at radius 2 is 1.94 bits per heavy atom. The molecule has 4 nitrogen and oxygen atoms in total. The fourth-order valence-electron chi connectivity index (χ4n) is 1.39. The topological polar surface area (TPSA) is 76.5 Å². The van der Waals surface area contributed by atoms with Crippen LogP contribution in [0.4, 0.5) is 0 Å². The van der Waals surface area contributed by atoms with E-state index in [-0.39, 0.29) is 11.8 Å². The van der Waals surface area contributed by atoms with E-state index >= 15 is 0 Å². The van der Waals surface area contributed by atoms with Gasteiger partial charge in [-0.3, -0.25) is 0 Å². The van der Waals surface area contributed by atoms with Crippen LogP contribution >= 0.6 is 0 Å². The molecule has 0 aliphatic heterocycles. The number of carboxylic acids is 1. The molecule has 0 fully saturated rings. The lowest BCUT2D eigenvalue weighted by molar-refractivity contribution is 0.0662. The molecule has 0 saturated heterocycles. The van der Waals surface area contributed by atoms with E-state index in [0.717, 1.165) is 6.42 Å². The van der Waals surface area contributed by atoms with Gasteiger partial charge in [-0.2, -0.15) is 0 Å². The second-order valence-corrected chi connectivity index (χ2v) is 3.95. The molecule has 2 rings (SSSR count). The molecule has 96 valence electrons. The monoisotopic (exact) mass is 247 g/mol. The highest BCUT2D eigenvalue weighted by molar-refractivity contribution is 5.84. The van der Waals surface area contributed by atoms with Crippen LogP contribution in [0.1, 0.15) is 23.0 Å². The van der Waals surface area contributed by atoms with Crippen LogP contribution in [0.25, 0.3) is 0 Å². The van der Waals surface area contributed by atoms with Gasteiger partial charge < -0.3 is 15.3 Å². The third-order valence-corrected chi connectivity index (χ3v) is 2.13. The van der Waals surface area contributed by atoms with Crippen molar-refractivity contribution in [3.8, 4) is 0 Å². The summed E-state index contributed by atoms with van der Waals surface area (Å²) >= 11 is 0. The van der Waals surface area contributed by atoms with Gasteiger partial charge >= 0.3 is 5.97 Å². The van der Waals surface area contributed by atoms with E-state index in [2.05, 4.69) is 16.5 Å². The summed E-state index contributed by atoms with van der Waals surface area (Å²) in [5.74, 6) is -1.06. The quantitative estimate of drug-likeness (QED) is 0.873. The van der Waals surface area contributed by atoms with Crippen LogP contribution in [0.5, 0.6) is 0 Å². The molecule has 1 atom stereocenters. The lowest BCUT2D eigenvalue weighted by Crippen LogP contribution is -2.17. The number of furan rings is 1. The van der Waals surface area contributed by atoms with Crippen molar-refractivity contribution in [3.05, 3.63) is 60.1 Å². The van der Waals surface area contributed by atoms with Crippen LogP contribution in [0.2, 0.25) is 0 Å². The Labute approximate surface area is 106 Å². The molecule has 0 amide bonds. The Morgan fingerprint density at radius 3 is 2.33 bits per heavy atom. The summed E-state index contributed by atoms with van der Waals surface area (Å²) in [6, 6.07) is 13.5. The Kier molecular flexibility index (Phi) is 5.67. The highest BCUT2D eigenvalue weighted by Crippen LogP contribution is 2.00. The minimum Gasteiger partial charge on any atom is -0.475 e. The van der Waals surface area contributed by atoms with E-state index in [1.54, 1.807) is 0 Å². The molecule has 0 bridgehead atoms. The van der Waals surface area contributed by atoms with Gasteiger partial charge in [0.05, 0.1) is 6.26 Å². The number of aromatic carboxylic acids is 1. The Morgan fingerprint density at radius 1 is 1.28 bits per heavy atom. The smallest absolute Gasteiger partial charge is 0.371 e. The summed E-state index contributed by atoms with van der Waals surface area (Å²) in [4.78, 5) is 9.97. The Hall–Kier alpha value is -2.07. The van der Waals surface area contributed by atoms with Crippen molar-refractivity contribution in [1.29, 1.82) is 0 Å². The van der Waals surface area contributed by atoms with Gasteiger partial charge in [0, 0.05) is 6.04 Å². The number of hydrogen-bond donors (Lipinski definition) is 2. The van der Waals surface area contributed by atoms with E-state index in [1.165, 1.54) is 24.0 Å². The maximum atomic E-state index is 9.97. The fraction of sp³-hybridized carbons (Fsp3) is 0.214. The first kappa shape index (κ1) is 14.0. The number of nitrogens with two attached hydrogens (primary N) is 1. The van der Waals surface area contributed by atoms with Gasteiger partial charge in [0.2, 0.25) is 5.76 Å². The molecule has 1 aromatic heterocycles. The molecule has 1 aromatic carbocycles. The summed E-state index contributed by atoms with van der Waals surface area (Å²) in [5.41, 5.74) is 6.94. The van der Waals surface area contributed by atoms with Gasteiger partial charge in [-0.05, 0) is 31.0 Å². The van der Waals surface area contributed by atoms with Crippen LogP contribution in [0.3, 0.4) is 0 Å². The number of carboxylic acid groups (broad SMARTS) is 1. The summed E-state index contributed by atoms with van der Waals surface area (Å²) in [5, 5.41) is 8.18. The molecule has 0 radical (unpaired) electrons. The first-order valence-electron chi connectivity index (χ1n) is 5.66. The minimum absolute atomic E-state index is 0.0231. The van der Waals surface area contributed by atoms with Crippen LogP contribution in [0, 0.1) is 0 Å². The number of benzene rings is 1. The second kappa shape index (κ2) is 7.29. The molecule has 2 aromatic rings. The maximum absolute atomic E-state index is 9.97. The van der Waals surface area contributed by atoms with Crippen molar-refractivity contribution < 1.29 is 14.3 Å². The number of carbonyl (C=O) groups is 1. The summed E-state index contributed by atoms with van der Waals surface area (Å²) in [6.07, 6.45) is 2.30. The predicted molar refractivity (Wildman–Crippen MR) is 69.5 cm³/mol. The standard InChI is InChI=1S/C9H13N.C5H4O3/c1-8(10)7-9-5-3-2-4-6-9;6-5(7)4-2-1-3-8-4/h2-6,8H,7,10H2,1H3;1-3H,(H,6,7). The van der Waals surface area contributed by atoms with Gasteiger partial charge in [0.1, 0.15) is 0 Å². The molecule has 3 N–H and O–H groups in total.